The van der Waals surface area contributed by atoms with Crippen LogP contribution in [0.4, 0.5) is 0 Å². The molecule has 1 aliphatic rings. The van der Waals surface area contributed by atoms with Gasteiger partial charge >= 0.3 is 15.2 Å². The van der Waals surface area contributed by atoms with Crippen LogP contribution in [0.1, 0.15) is 49.9 Å². The Labute approximate surface area is 208 Å². The number of amidine groups is 1. The number of unbranched alkanes of at least 4 members (excludes halogenated alkanes) is 2. The number of hydrogen-bond acceptors (Lipinski definition) is 8. The second-order valence-electron chi connectivity index (χ2n) is 7.93. The van der Waals surface area contributed by atoms with Crippen LogP contribution < -0.4 is 0 Å². The molecule has 1 aromatic rings. The Bertz CT molecular complexity index is 884. The lowest BCUT2D eigenvalue weighted by atomic mass is 10.2. The molecule has 0 spiro atoms. The summed E-state index contributed by atoms with van der Waals surface area (Å²) in [5, 5.41) is -1.55. The maximum absolute atomic E-state index is 14.4. The van der Waals surface area contributed by atoms with Crippen molar-refractivity contribution in [2.24, 2.45) is 4.99 Å². The fourth-order valence-corrected chi connectivity index (χ4v) is 8.45. The van der Waals surface area contributed by atoms with Crippen LogP contribution >= 0.6 is 15.2 Å². The van der Waals surface area contributed by atoms with Crippen molar-refractivity contribution in [1.29, 1.82) is 0 Å². The Kier molecular flexibility index (Phi) is 12.8. The number of rotatable bonds is 14. The molecular weight excluding hydrogens is 494 g/mol. The molecule has 1 atom stereocenters. The van der Waals surface area contributed by atoms with Gasteiger partial charge < -0.3 is 27.7 Å². The molecule has 0 bridgehead atoms. The molecule has 0 N–H and O–H groups in total. The summed E-state index contributed by atoms with van der Waals surface area (Å²) in [5.41, 5.74) is 0.329. The number of morpholine rings is 1. The van der Waals surface area contributed by atoms with E-state index in [-0.39, 0.29) is 19.0 Å². The van der Waals surface area contributed by atoms with Gasteiger partial charge in [0.1, 0.15) is 5.84 Å². The summed E-state index contributed by atoms with van der Waals surface area (Å²) in [5.74, 6) is -0.588. The Hall–Kier alpha value is -1.38. The first kappa shape index (κ1) is 29.8. The molecule has 10 nitrogen and oxygen atoms in total. The number of hydrogen-bond donors (Lipinski definition) is 0. The van der Waals surface area contributed by atoms with Crippen molar-refractivity contribution < 1.29 is 36.8 Å². The van der Waals surface area contributed by atoms with Crippen LogP contribution in [0.3, 0.4) is 0 Å². The van der Waals surface area contributed by atoms with Crippen molar-refractivity contribution >= 4 is 26.9 Å². The molecule has 1 aliphatic heterocycles. The van der Waals surface area contributed by atoms with Gasteiger partial charge in [0.2, 0.25) is 5.40 Å². The minimum absolute atomic E-state index is 0.00878. The largest absolute Gasteiger partial charge is 0.378 e. The second kappa shape index (κ2) is 15.0. The number of carbonyl (C=O) groups is 1. The predicted octanol–water partition coefficient (Wildman–Crippen LogP) is 5.20. The molecule has 0 radical (unpaired) electrons. The van der Waals surface area contributed by atoms with Gasteiger partial charge in [-0.3, -0.25) is 13.9 Å². The molecule has 0 aromatic heterocycles. The molecule has 1 heterocycles. The molecule has 0 aliphatic carbocycles. The van der Waals surface area contributed by atoms with E-state index in [0.29, 0.717) is 44.7 Å². The van der Waals surface area contributed by atoms with E-state index in [2.05, 4.69) is 4.99 Å². The average Bonchev–Trinajstić information content (AvgIpc) is 2.89. The molecule has 12 heteroatoms. The van der Waals surface area contributed by atoms with Crippen LogP contribution in [0, 0.1) is 0 Å². The quantitative estimate of drug-likeness (QED) is 0.138. The minimum atomic E-state index is -4.19. The molecule has 1 fully saturated rings. The number of benzene rings is 1. The summed E-state index contributed by atoms with van der Waals surface area (Å²) >= 11 is 0. The predicted molar refractivity (Wildman–Crippen MR) is 135 cm³/mol. The normalized spacial score (nSPS) is 16.3. The fraction of sp³-hybridized carbons (Fsp3) is 0.652. The lowest BCUT2D eigenvalue weighted by Gasteiger charge is -2.37. The summed E-state index contributed by atoms with van der Waals surface area (Å²) in [7, 11) is -5.94. The molecule has 35 heavy (non-hydrogen) atoms. The van der Waals surface area contributed by atoms with Crippen LogP contribution in [0.2, 0.25) is 0 Å². The summed E-state index contributed by atoms with van der Waals surface area (Å²) in [4.78, 5) is 19.2. The highest BCUT2D eigenvalue weighted by Crippen LogP contribution is 2.70. The Morgan fingerprint density at radius 2 is 1.51 bits per heavy atom. The van der Waals surface area contributed by atoms with Crippen LogP contribution in [0.5, 0.6) is 0 Å². The summed E-state index contributed by atoms with van der Waals surface area (Å²) < 4.78 is 56.1. The zero-order valence-corrected chi connectivity index (χ0v) is 22.9. The van der Waals surface area contributed by atoms with Gasteiger partial charge in [-0.1, -0.05) is 44.9 Å². The molecule has 1 unspecified atom stereocenters. The molecule has 1 amide bonds. The highest BCUT2D eigenvalue weighted by molar-refractivity contribution is 7.74. The highest BCUT2D eigenvalue weighted by atomic mass is 31.2. The Morgan fingerprint density at radius 1 is 0.971 bits per heavy atom. The van der Waals surface area contributed by atoms with Gasteiger partial charge in [0.25, 0.3) is 5.91 Å². The first-order valence-corrected chi connectivity index (χ1v) is 15.2. The van der Waals surface area contributed by atoms with Gasteiger partial charge in [-0.2, -0.15) is 4.99 Å². The molecule has 1 saturated heterocycles. The molecule has 2 rings (SSSR count). The summed E-state index contributed by atoms with van der Waals surface area (Å²) in [6.07, 6.45) is 2.82. The highest BCUT2D eigenvalue weighted by Gasteiger charge is 2.55. The lowest BCUT2D eigenvalue weighted by Crippen LogP contribution is -2.46. The SMILES string of the molecule is CCCCOP(=O)(OCCCC)C(C(=NC(=O)c1ccccc1)N1CCOCC1)P(=O)(OC)OC. The molecule has 0 saturated carbocycles. The molecule has 198 valence electrons. The van der Waals surface area contributed by atoms with Crippen molar-refractivity contribution in [3.63, 3.8) is 0 Å². The standard InChI is InChI=1S/C23H38N2O8P2/c1-5-7-16-32-35(28,33-17-8-6-2)23(34(27,29-3)30-4)21(25-14-18-31-19-15-25)24-22(26)20-12-10-9-11-13-20/h9-13,23H,5-8,14-19H2,1-4H3. The van der Waals surface area contributed by atoms with E-state index in [1.54, 1.807) is 35.2 Å². The third kappa shape index (κ3) is 8.32. The number of ether oxygens (including phenoxy) is 1. The molecular formula is C23H38N2O8P2. The van der Waals surface area contributed by atoms with Gasteiger partial charge in [-0.15, -0.1) is 0 Å². The maximum atomic E-state index is 14.4. The van der Waals surface area contributed by atoms with Gasteiger partial charge in [-0.05, 0) is 25.0 Å². The maximum Gasteiger partial charge on any atom is 0.353 e. The number of amides is 1. The first-order chi connectivity index (χ1) is 16.8. The smallest absolute Gasteiger partial charge is 0.353 e. The monoisotopic (exact) mass is 532 g/mol. The van der Waals surface area contributed by atoms with Crippen molar-refractivity contribution in [3.05, 3.63) is 35.9 Å². The number of aliphatic imine (C=N–C) groups is 1. The topological polar surface area (TPSA) is 113 Å². The second-order valence-corrected chi connectivity index (χ2v) is 12.8. The van der Waals surface area contributed by atoms with Crippen molar-refractivity contribution in [3.8, 4) is 0 Å². The van der Waals surface area contributed by atoms with E-state index in [0.717, 1.165) is 12.8 Å². The van der Waals surface area contributed by atoms with E-state index < -0.39 is 26.5 Å². The Balaban J connectivity index is 2.67. The van der Waals surface area contributed by atoms with Crippen LogP contribution in [0.25, 0.3) is 0 Å². The minimum Gasteiger partial charge on any atom is -0.378 e. The molecule has 1 aromatic carbocycles. The van der Waals surface area contributed by atoms with E-state index in [9.17, 15) is 13.9 Å². The lowest BCUT2D eigenvalue weighted by molar-refractivity contribution is 0.0667. The zero-order chi connectivity index (χ0) is 25.7. The van der Waals surface area contributed by atoms with Crippen molar-refractivity contribution in [1.82, 2.24) is 4.90 Å². The average molecular weight is 533 g/mol. The third-order valence-electron chi connectivity index (χ3n) is 5.45. The van der Waals surface area contributed by atoms with Crippen LogP contribution in [-0.2, 0) is 32.0 Å². The van der Waals surface area contributed by atoms with E-state index in [1.807, 2.05) is 13.8 Å². The van der Waals surface area contributed by atoms with E-state index in [4.69, 9.17) is 22.8 Å². The fourth-order valence-electron chi connectivity index (χ4n) is 3.41. The van der Waals surface area contributed by atoms with Crippen molar-refractivity contribution in [2.45, 2.75) is 44.9 Å². The zero-order valence-electron chi connectivity index (χ0n) is 21.1. The van der Waals surface area contributed by atoms with Crippen LogP contribution in [0.15, 0.2) is 35.3 Å². The Morgan fingerprint density at radius 3 is 2.00 bits per heavy atom. The van der Waals surface area contributed by atoms with E-state index >= 15 is 0 Å². The first-order valence-electron chi connectivity index (χ1n) is 12.0. The van der Waals surface area contributed by atoms with Gasteiger partial charge in [-0.25, -0.2) is 0 Å². The van der Waals surface area contributed by atoms with Gasteiger partial charge in [0.15, 0.2) is 0 Å². The number of nitrogens with zero attached hydrogens (tertiary/aromatic N) is 2. The van der Waals surface area contributed by atoms with Gasteiger partial charge in [0.05, 0.1) is 26.4 Å². The van der Waals surface area contributed by atoms with Crippen LogP contribution in [-0.4, -0.2) is 75.8 Å². The third-order valence-corrected chi connectivity index (χ3v) is 10.9. The summed E-state index contributed by atoms with van der Waals surface area (Å²) in [6.45, 7) is 5.57. The summed E-state index contributed by atoms with van der Waals surface area (Å²) in [6, 6.07) is 8.47. The van der Waals surface area contributed by atoms with Gasteiger partial charge in [0, 0.05) is 32.9 Å². The van der Waals surface area contributed by atoms with Crippen molar-refractivity contribution in [2.75, 3.05) is 53.7 Å². The van der Waals surface area contributed by atoms with E-state index in [1.165, 1.54) is 14.2 Å². The number of carbonyl (C=O) groups excluding carboxylic acids is 1.